The lowest BCUT2D eigenvalue weighted by Gasteiger charge is -2.15. The van der Waals surface area contributed by atoms with Crippen LogP contribution in [0.25, 0.3) is 0 Å². The van der Waals surface area contributed by atoms with Crippen molar-refractivity contribution in [3.8, 4) is 0 Å². The third-order valence-electron chi connectivity index (χ3n) is 15.2. The Morgan fingerprint density at radius 2 is 0.551 bits per heavy atom. The zero-order valence-corrected chi connectivity index (χ0v) is 51.9. The van der Waals surface area contributed by atoms with Crippen molar-refractivity contribution < 1.29 is 24.2 Å². The molecule has 0 heterocycles. The number of hydrogen-bond acceptors (Lipinski definition) is 5. The quantitative estimate of drug-likeness (QED) is 0.0373. The van der Waals surface area contributed by atoms with Crippen molar-refractivity contribution in [3.05, 3.63) is 85.1 Å². The Morgan fingerprint density at radius 1 is 0.308 bits per heavy atom. The standard InChI is InChI=1S/C73H130O5/c1-3-5-7-9-11-13-15-17-19-21-23-25-27-29-31-33-34-35-36-37-38-40-41-43-45-47-49-51-53-55-57-59-61-63-65-67-72(75)77-70-71(69-74)78-73(76)68-66-64-62-60-58-56-54-52-50-48-46-44-42-39-32-30-28-26-24-22-20-18-16-14-12-10-8-6-4-2/h6,8,12,14,18,20-21,23-24,26,30,32,42,44,71,74H,3-5,7,9-11,13,15-17,19,22,25,27-29,31,33-41,43,45-70H2,1-2H3/b8-6-,14-12-,20-18-,23-21-,26-24-,32-30-,44-42-. The molecule has 0 fully saturated rings. The minimum Gasteiger partial charge on any atom is -0.462 e. The van der Waals surface area contributed by atoms with Gasteiger partial charge in [-0.25, -0.2) is 0 Å². The lowest BCUT2D eigenvalue weighted by atomic mass is 10.0. The second kappa shape index (κ2) is 68.4. The second-order valence-electron chi connectivity index (χ2n) is 22.9. The van der Waals surface area contributed by atoms with E-state index >= 15 is 0 Å². The molecule has 1 atom stereocenters. The van der Waals surface area contributed by atoms with Gasteiger partial charge in [-0.15, -0.1) is 0 Å². The van der Waals surface area contributed by atoms with Crippen molar-refractivity contribution in [2.24, 2.45) is 0 Å². The number of hydrogen-bond donors (Lipinski definition) is 1. The zero-order chi connectivity index (χ0) is 56.2. The second-order valence-corrected chi connectivity index (χ2v) is 22.9. The summed E-state index contributed by atoms with van der Waals surface area (Å²) in [6, 6.07) is 0. The van der Waals surface area contributed by atoms with Gasteiger partial charge in [0.25, 0.3) is 0 Å². The Labute approximate surface area is 486 Å². The lowest BCUT2D eigenvalue weighted by molar-refractivity contribution is -0.161. The van der Waals surface area contributed by atoms with E-state index < -0.39 is 6.10 Å². The Kier molecular flexibility index (Phi) is 65.8. The predicted octanol–water partition coefficient (Wildman–Crippen LogP) is 23.7. The SMILES string of the molecule is CC/C=C\C/C=C\C/C=C\C/C=C\C/C=C\C/C=C\CCCCCCCCCCCCC(=O)OC(CO)COC(=O)CCCCCCCCCCCCCCCCCCCCCCCCC/C=C\CCCCCCCCCC. The maximum atomic E-state index is 12.4. The minimum absolute atomic E-state index is 0.0674. The summed E-state index contributed by atoms with van der Waals surface area (Å²) in [6.07, 6.45) is 96.1. The monoisotopic (exact) mass is 1090 g/mol. The maximum absolute atomic E-state index is 12.4. The van der Waals surface area contributed by atoms with Gasteiger partial charge in [0.15, 0.2) is 6.10 Å². The van der Waals surface area contributed by atoms with Crippen LogP contribution in [0.1, 0.15) is 348 Å². The first-order valence-electron chi connectivity index (χ1n) is 34.1. The summed E-state index contributed by atoms with van der Waals surface area (Å²) in [7, 11) is 0. The van der Waals surface area contributed by atoms with Crippen molar-refractivity contribution in [1.82, 2.24) is 0 Å². The average molecular weight is 1090 g/mol. The smallest absolute Gasteiger partial charge is 0.306 e. The maximum Gasteiger partial charge on any atom is 0.306 e. The molecule has 0 amide bonds. The third kappa shape index (κ3) is 65.6. The number of unbranched alkanes of at least 4 members (excludes halogenated alkanes) is 41. The predicted molar refractivity (Wildman–Crippen MR) is 343 cm³/mol. The van der Waals surface area contributed by atoms with E-state index in [1.54, 1.807) is 0 Å². The van der Waals surface area contributed by atoms with Crippen LogP contribution in [-0.2, 0) is 19.1 Å². The molecule has 0 aliphatic heterocycles. The van der Waals surface area contributed by atoms with Crippen molar-refractivity contribution in [2.45, 2.75) is 354 Å². The van der Waals surface area contributed by atoms with Crippen LogP contribution in [0.2, 0.25) is 0 Å². The van der Waals surface area contributed by atoms with E-state index in [0.29, 0.717) is 12.8 Å². The molecule has 452 valence electrons. The van der Waals surface area contributed by atoms with E-state index in [9.17, 15) is 14.7 Å². The highest BCUT2D eigenvalue weighted by atomic mass is 16.6. The molecule has 5 heteroatoms. The lowest BCUT2D eigenvalue weighted by Crippen LogP contribution is -2.28. The summed E-state index contributed by atoms with van der Waals surface area (Å²) in [5.41, 5.74) is 0. The van der Waals surface area contributed by atoms with E-state index in [4.69, 9.17) is 9.47 Å². The van der Waals surface area contributed by atoms with Crippen molar-refractivity contribution in [1.29, 1.82) is 0 Å². The van der Waals surface area contributed by atoms with Crippen molar-refractivity contribution in [2.75, 3.05) is 13.2 Å². The Hall–Kier alpha value is -2.92. The average Bonchev–Trinajstić information content (AvgIpc) is 3.44. The van der Waals surface area contributed by atoms with Crippen LogP contribution in [0.4, 0.5) is 0 Å². The number of allylic oxidation sites excluding steroid dienone is 14. The fourth-order valence-corrected chi connectivity index (χ4v) is 10.1. The highest BCUT2D eigenvalue weighted by Crippen LogP contribution is 2.18. The van der Waals surface area contributed by atoms with Crippen LogP contribution in [0.5, 0.6) is 0 Å². The first-order chi connectivity index (χ1) is 38.6. The number of ether oxygens (including phenoxy) is 2. The highest BCUT2D eigenvalue weighted by molar-refractivity contribution is 5.70. The summed E-state index contributed by atoms with van der Waals surface area (Å²) < 4.78 is 10.8. The van der Waals surface area contributed by atoms with Crippen LogP contribution in [0.15, 0.2) is 85.1 Å². The molecule has 0 saturated carbocycles. The molecular weight excluding hydrogens is 957 g/mol. The molecule has 0 aromatic heterocycles. The molecule has 0 radical (unpaired) electrons. The number of rotatable bonds is 63. The highest BCUT2D eigenvalue weighted by Gasteiger charge is 2.16. The van der Waals surface area contributed by atoms with Crippen LogP contribution >= 0.6 is 0 Å². The molecule has 0 spiro atoms. The largest absolute Gasteiger partial charge is 0.462 e. The summed E-state index contributed by atoms with van der Waals surface area (Å²) in [5.74, 6) is -0.584. The molecule has 0 aromatic rings. The van der Waals surface area contributed by atoms with Gasteiger partial charge in [0, 0.05) is 12.8 Å². The molecule has 5 nitrogen and oxygen atoms in total. The van der Waals surface area contributed by atoms with Gasteiger partial charge in [-0.3, -0.25) is 9.59 Å². The minimum atomic E-state index is -0.779. The van der Waals surface area contributed by atoms with Crippen molar-refractivity contribution >= 4 is 11.9 Å². The van der Waals surface area contributed by atoms with Gasteiger partial charge in [-0.2, -0.15) is 0 Å². The summed E-state index contributed by atoms with van der Waals surface area (Å²) >= 11 is 0. The Bertz CT molecular complexity index is 1420. The Morgan fingerprint density at radius 3 is 0.846 bits per heavy atom. The van der Waals surface area contributed by atoms with E-state index in [0.717, 1.165) is 77.0 Å². The fourth-order valence-electron chi connectivity index (χ4n) is 10.1. The third-order valence-corrected chi connectivity index (χ3v) is 15.2. The topological polar surface area (TPSA) is 72.8 Å². The van der Waals surface area contributed by atoms with Gasteiger partial charge in [-0.1, -0.05) is 330 Å². The van der Waals surface area contributed by atoms with E-state index in [2.05, 4.69) is 98.9 Å². The summed E-state index contributed by atoms with van der Waals surface area (Å²) in [6.45, 7) is 4.06. The molecule has 1 unspecified atom stereocenters. The number of aliphatic hydroxyl groups excluding tert-OH is 1. The number of aliphatic hydroxyl groups is 1. The molecule has 78 heavy (non-hydrogen) atoms. The fraction of sp³-hybridized carbons (Fsp3) is 0.781. The first kappa shape index (κ1) is 75.1. The number of carbonyl (C=O) groups is 2. The summed E-state index contributed by atoms with van der Waals surface area (Å²) in [4.78, 5) is 24.6. The van der Waals surface area contributed by atoms with Crippen LogP contribution < -0.4 is 0 Å². The molecule has 1 N–H and O–H groups in total. The molecule has 0 bridgehead atoms. The van der Waals surface area contributed by atoms with Crippen LogP contribution in [0.3, 0.4) is 0 Å². The van der Waals surface area contributed by atoms with Gasteiger partial charge in [0.2, 0.25) is 0 Å². The molecule has 0 aliphatic carbocycles. The molecular formula is C73H130O5. The van der Waals surface area contributed by atoms with Gasteiger partial charge in [0.05, 0.1) is 6.61 Å². The van der Waals surface area contributed by atoms with Crippen LogP contribution in [-0.4, -0.2) is 36.4 Å². The normalized spacial score (nSPS) is 12.7. The van der Waals surface area contributed by atoms with Crippen LogP contribution in [0, 0.1) is 0 Å². The van der Waals surface area contributed by atoms with Gasteiger partial charge in [0.1, 0.15) is 6.61 Å². The molecule has 0 rings (SSSR count). The van der Waals surface area contributed by atoms with E-state index in [-0.39, 0.29) is 25.2 Å². The summed E-state index contributed by atoms with van der Waals surface area (Å²) in [5, 5.41) is 9.70. The molecule has 0 aliphatic rings. The van der Waals surface area contributed by atoms with Gasteiger partial charge < -0.3 is 14.6 Å². The zero-order valence-electron chi connectivity index (χ0n) is 51.9. The number of carbonyl (C=O) groups excluding carboxylic acids is 2. The van der Waals surface area contributed by atoms with E-state index in [1.165, 1.54) is 244 Å². The first-order valence-corrected chi connectivity index (χ1v) is 34.1. The van der Waals surface area contributed by atoms with Gasteiger partial charge in [-0.05, 0) is 89.9 Å². The molecule has 0 saturated heterocycles. The van der Waals surface area contributed by atoms with Crippen molar-refractivity contribution in [3.63, 3.8) is 0 Å². The number of esters is 2. The van der Waals surface area contributed by atoms with E-state index in [1.807, 2.05) is 0 Å². The Balaban J connectivity index is 3.44. The molecule has 0 aromatic carbocycles. The van der Waals surface area contributed by atoms with Gasteiger partial charge >= 0.3 is 11.9 Å².